The number of hydrogen-bond donors (Lipinski definition) is 1. The van der Waals surface area contributed by atoms with E-state index in [2.05, 4.69) is 11.8 Å². The molecule has 0 bridgehead atoms. The molecule has 0 aromatic carbocycles. The fraction of sp³-hybridized carbons (Fsp3) is 1.00. The van der Waals surface area contributed by atoms with Gasteiger partial charge < -0.3 is 19.9 Å². The number of ether oxygens (including phenoxy) is 3. The molecule has 1 saturated heterocycles. The first kappa shape index (κ1) is 14.9. The monoisotopic (exact) mass is 246 g/mol. The molecule has 0 radical (unpaired) electrons. The van der Waals surface area contributed by atoms with Crippen LogP contribution in [0.15, 0.2) is 0 Å². The third-order valence-electron chi connectivity index (χ3n) is 3.85. The van der Waals surface area contributed by atoms with Gasteiger partial charge in [0.15, 0.2) is 6.29 Å². The molecule has 1 rings (SSSR count). The Morgan fingerprint density at radius 3 is 2.12 bits per heavy atom. The second-order valence-electron chi connectivity index (χ2n) is 4.79. The summed E-state index contributed by atoms with van der Waals surface area (Å²) in [5, 5.41) is 0. The number of methoxy groups -OCH3 is 3. The van der Waals surface area contributed by atoms with E-state index in [-0.39, 0.29) is 11.8 Å². The lowest BCUT2D eigenvalue weighted by Gasteiger charge is -2.47. The minimum Gasteiger partial charge on any atom is -0.381 e. The van der Waals surface area contributed by atoms with E-state index in [4.69, 9.17) is 19.9 Å². The van der Waals surface area contributed by atoms with Crippen LogP contribution in [0.25, 0.3) is 0 Å². The van der Waals surface area contributed by atoms with E-state index in [1.54, 1.807) is 21.3 Å². The molecule has 1 aliphatic rings. The Morgan fingerprint density at radius 2 is 1.76 bits per heavy atom. The van der Waals surface area contributed by atoms with Crippen LogP contribution in [-0.2, 0) is 14.2 Å². The van der Waals surface area contributed by atoms with Crippen LogP contribution >= 0.6 is 0 Å². The molecule has 17 heavy (non-hydrogen) atoms. The molecule has 0 aromatic rings. The topological polar surface area (TPSA) is 57.0 Å². The summed E-state index contributed by atoms with van der Waals surface area (Å²) < 4.78 is 16.2. The van der Waals surface area contributed by atoms with Gasteiger partial charge in [0.2, 0.25) is 0 Å². The molecule has 1 atom stereocenters. The van der Waals surface area contributed by atoms with Crippen LogP contribution in [0.3, 0.4) is 0 Å². The first-order chi connectivity index (χ1) is 8.12. The van der Waals surface area contributed by atoms with Gasteiger partial charge in [-0.15, -0.1) is 0 Å². The van der Waals surface area contributed by atoms with Gasteiger partial charge in [-0.3, -0.25) is 4.90 Å². The molecule has 1 aliphatic heterocycles. The maximum absolute atomic E-state index is 5.92. The van der Waals surface area contributed by atoms with E-state index in [1.807, 2.05) is 0 Å². The smallest absolute Gasteiger partial charge is 0.176 e. The number of rotatable bonds is 6. The molecule has 1 fully saturated rings. The molecular weight excluding hydrogens is 220 g/mol. The third-order valence-corrected chi connectivity index (χ3v) is 3.85. The molecule has 5 heteroatoms. The van der Waals surface area contributed by atoms with Crippen LogP contribution in [0.2, 0.25) is 0 Å². The first-order valence-electron chi connectivity index (χ1n) is 6.15. The van der Waals surface area contributed by atoms with Gasteiger partial charge in [-0.2, -0.15) is 0 Å². The lowest BCUT2D eigenvalue weighted by molar-refractivity contribution is -0.186. The average molecular weight is 246 g/mol. The van der Waals surface area contributed by atoms with Crippen molar-refractivity contribution >= 4 is 0 Å². The van der Waals surface area contributed by atoms with E-state index in [0.717, 1.165) is 25.9 Å². The molecule has 0 saturated carbocycles. The van der Waals surface area contributed by atoms with Crippen LogP contribution in [0.4, 0.5) is 0 Å². The highest BCUT2D eigenvalue weighted by Crippen LogP contribution is 2.26. The Bertz CT molecular complexity index is 216. The summed E-state index contributed by atoms with van der Waals surface area (Å²) in [5.74, 6) is 0. The van der Waals surface area contributed by atoms with Crippen molar-refractivity contribution in [1.29, 1.82) is 0 Å². The summed E-state index contributed by atoms with van der Waals surface area (Å²) in [4.78, 5) is 2.35. The number of likely N-dealkylation sites (tertiary alicyclic amines) is 1. The molecule has 1 unspecified atom stereocenters. The van der Waals surface area contributed by atoms with Gasteiger partial charge in [-0.1, -0.05) is 0 Å². The Labute approximate surface area is 104 Å². The Balaban J connectivity index is 2.67. The lowest BCUT2D eigenvalue weighted by Crippen LogP contribution is -2.62. The highest BCUT2D eigenvalue weighted by Gasteiger charge is 2.41. The van der Waals surface area contributed by atoms with E-state index < -0.39 is 0 Å². The van der Waals surface area contributed by atoms with Gasteiger partial charge in [-0.05, 0) is 19.8 Å². The number of piperidine rings is 1. The molecule has 1 heterocycles. The highest BCUT2D eigenvalue weighted by atomic mass is 16.7. The van der Waals surface area contributed by atoms with Crippen LogP contribution in [0.1, 0.15) is 19.8 Å². The van der Waals surface area contributed by atoms with Crippen LogP contribution in [-0.4, -0.2) is 63.8 Å². The summed E-state index contributed by atoms with van der Waals surface area (Å²) in [6, 6.07) is 0. The second-order valence-corrected chi connectivity index (χ2v) is 4.79. The molecule has 0 aliphatic carbocycles. The molecular formula is C12H26N2O3. The standard InChI is InChI=1S/C12H26N2O3/c1-12(9-13,11(16-3)17-4)14-7-5-10(15-2)6-8-14/h10-11H,5-9,13H2,1-4H3. The molecule has 0 amide bonds. The Kier molecular flexibility index (Phi) is 5.82. The van der Waals surface area contributed by atoms with Crippen molar-refractivity contribution in [1.82, 2.24) is 4.90 Å². The van der Waals surface area contributed by atoms with E-state index in [1.165, 1.54) is 0 Å². The second kappa shape index (κ2) is 6.66. The van der Waals surface area contributed by atoms with Crippen LogP contribution in [0, 0.1) is 0 Å². The van der Waals surface area contributed by atoms with Crippen molar-refractivity contribution in [3.63, 3.8) is 0 Å². The van der Waals surface area contributed by atoms with Crippen LogP contribution < -0.4 is 5.73 Å². The normalized spacial score (nSPS) is 22.9. The van der Waals surface area contributed by atoms with Gasteiger partial charge in [0, 0.05) is 41.0 Å². The van der Waals surface area contributed by atoms with Gasteiger partial charge >= 0.3 is 0 Å². The van der Waals surface area contributed by atoms with E-state index in [9.17, 15) is 0 Å². The number of hydrogen-bond acceptors (Lipinski definition) is 5. The van der Waals surface area contributed by atoms with Crippen molar-refractivity contribution in [2.24, 2.45) is 5.73 Å². The molecule has 102 valence electrons. The maximum atomic E-state index is 5.92. The summed E-state index contributed by atoms with van der Waals surface area (Å²) >= 11 is 0. The minimum atomic E-state index is -0.299. The zero-order valence-electron chi connectivity index (χ0n) is 11.4. The summed E-state index contributed by atoms with van der Waals surface area (Å²) in [5.41, 5.74) is 5.65. The molecule has 5 nitrogen and oxygen atoms in total. The summed E-state index contributed by atoms with van der Waals surface area (Å²) in [6.45, 7) is 4.54. The molecule has 2 N–H and O–H groups in total. The fourth-order valence-corrected chi connectivity index (χ4v) is 2.58. The van der Waals surface area contributed by atoms with Gasteiger partial charge in [0.1, 0.15) is 0 Å². The largest absolute Gasteiger partial charge is 0.381 e. The highest BCUT2D eigenvalue weighted by molar-refractivity contribution is 4.93. The van der Waals surface area contributed by atoms with Crippen molar-refractivity contribution in [2.45, 2.75) is 37.7 Å². The fourth-order valence-electron chi connectivity index (χ4n) is 2.58. The van der Waals surface area contributed by atoms with E-state index >= 15 is 0 Å². The minimum absolute atomic E-state index is 0.276. The van der Waals surface area contributed by atoms with Gasteiger partial charge in [0.05, 0.1) is 11.6 Å². The predicted molar refractivity (Wildman–Crippen MR) is 66.9 cm³/mol. The zero-order chi connectivity index (χ0) is 12.9. The Hall–Kier alpha value is -0.200. The Morgan fingerprint density at radius 1 is 1.24 bits per heavy atom. The summed E-state index contributed by atoms with van der Waals surface area (Å²) in [7, 11) is 5.09. The maximum Gasteiger partial charge on any atom is 0.176 e. The van der Waals surface area contributed by atoms with E-state index in [0.29, 0.717) is 12.6 Å². The third kappa shape index (κ3) is 3.17. The van der Waals surface area contributed by atoms with Crippen LogP contribution in [0.5, 0.6) is 0 Å². The zero-order valence-corrected chi connectivity index (χ0v) is 11.4. The number of nitrogens with zero attached hydrogens (tertiary/aromatic N) is 1. The van der Waals surface area contributed by atoms with Gasteiger partial charge in [0.25, 0.3) is 0 Å². The predicted octanol–water partition coefficient (Wildman–Crippen LogP) is 0.434. The van der Waals surface area contributed by atoms with Crippen molar-refractivity contribution < 1.29 is 14.2 Å². The van der Waals surface area contributed by atoms with Crippen molar-refractivity contribution in [2.75, 3.05) is 41.0 Å². The first-order valence-corrected chi connectivity index (χ1v) is 6.15. The lowest BCUT2D eigenvalue weighted by atomic mass is 9.94. The van der Waals surface area contributed by atoms with Crippen molar-refractivity contribution in [3.8, 4) is 0 Å². The SMILES string of the molecule is COC1CCN(C(C)(CN)C(OC)OC)CC1. The summed E-state index contributed by atoms with van der Waals surface area (Å²) in [6.07, 6.45) is 2.14. The average Bonchev–Trinajstić information content (AvgIpc) is 2.39. The molecule has 0 aromatic heterocycles. The quantitative estimate of drug-likeness (QED) is 0.689. The van der Waals surface area contributed by atoms with Crippen molar-refractivity contribution in [3.05, 3.63) is 0 Å². The molecule has 0 spiro atoms. The van der Waals surface area contributed by atoms with Gasteiger partial charge in [-0.25, -0.2) is 0 Å². The number of nitrogens with two attached hydrogens (primary N) is 1.